The van der Waals surface area contributed by atoms with Crippen LogP contribution in [-0.4, -0.2) is 39.9 Å². The Balaban J connectivity index is 1.46. The number of nitrogens with zero attached hydrogens (tertiary/aromatic N) is 1. The number of rotatable bonds is 4. The van der Waals surface area contributed by atoms with Gasteiger partial charge in [0.2, 0.25) is 0 Å². The molecule has 1 atom stereocenters. The van der Waals surface area contributed by atoms with Gasteiger partial charge in [0.1, 0.15) is 0 Å². The fraction of sp³-hybridized carbons (Fsp3) is 0.429. The summed E-state index contributed by atoms with van der Waals surface area (Å²) in [5.41, 5.74) is 4.00. The SMILES string of the molecule is COc1cccc2c1OC[C@H](Cc1cccc(N3CCNCC3)c1)C2. The average Bonchev–Trinajstić information content (AvgIpc) is 2.68. The predicted octanol–water partition coefficient (Wildman–Crippen LogP) is 2.90. The van der Waals surface area contributed by atoms with Crippen molar-refractivity contribution < 1.29 is 9.47 Å². The standard InChI is InChI=1S/C21H26N2O2/c1-24-20-7-3-5-18-13-17(15-25-21(18)20)12-16-4-2-6-19(14-16)23-10-8-22-9-11-23/h2-7,14,17,22H,8-13,15H2,1H3/t17-/m1/s1. The molecule has 0 spiro atoms. The second kappa shape index (κ2) is 7.36. The zero-order chi connectivity index (χ0) is 17.1. The number of hydrogen-bond donors (Lipinski definition) is 1. The van der Waals surface area contributed by atoms with Crippen LogP contribution in [0.2, 0.25) is 0 Å². The maximum Gasteiger partial charge on any atom is 0.164 e. The lowest BCUT2D eigenvalue weighted by atomic mass is 9.90. The summed E-state index contributed by atoms with van der Waals surface area (Å²) in [6, 6.07) is 15.2. The van der Waals surface area contributed by atoms with Crippen LogP contribution in [0.1, 0.15) is 11.1 Å². The summed E-state index contributed by atoms with van der Waals surface area (Å²) < 4.78 is 11.4. The van der Waals surface area contributed by atoms with Crippen LogP contribution in [0.5, 0.6) is 11.5 Å². The molecule has 4 heteroatoms. The molecule has 0 saturated carbocycles. The van der Waals surface area contributed by atoms with Gasteiger partial charge in [0.25, 0.3) is 0 Å². The van der Waals surface area contributed by atoms with Crippen LogP contribution in [0.4, 0.5) is 5.69 Å². The topological polar surface area (TPSA) is 33.7 Å². The summed E-state index contributed by atoms with van der Waals surface area (Å²) in [6.07, 6.45) is 2.10. The van der Waals surface area contributed by atoms with Gasteiger partial charge in [-0.15, -0.1) is 0 Å². The van der Waals surface area contributed by atoms with Crippen molar-refractivity contribution in [1.82, 2.24) is 5.32 Å². The van der Waals surface area contributed by atoms with E-state index in [9.17, 15) is 0 Å². The van der Waals surface area contributed by atoms with Crippen LogP contribution >= 0.6 is 0 Å². The van der Waals surface area contributed by atoms with Crippen LogP contribution < -0.4 is 19.7 Å². The Morgan fingerprint density at radius 2 is 2.00 bits per heavy atom. The zero-order valence-corrected chi connectivity index (χ0v) is 14.8. The molecule has 0 bridgehead atoms. The number of methoxy groups -OCH3 is 1. The third-order valence-corrected chi connectivity index (χ3v) is 5.17. The van der Waals surface area contributed by atoms with E-state index in [0.717, 1.165) is 57.1 Å². The maximum atomic E-state index is 6.03. The first kappa shape index (κ1) is 16.3. The van der Waals surface area contributed by atoms with E-state index >= 15 is 0 Å². The fourth-order valence-corrected chi connectivity index (χ4v) is 3.89. The van der Waals surface area contributed by atoms with Gasteiger partial charge in [0.05, 0.1) is 13.7 Å². The first-order valence-electron chi connectivity index (χ1n) is 9.17. The van der Waals surface area contributed by atoms with Crippen molar-refractivity contribution in [2.75, 3.05) is 44.8 Å². The highest BCUT2D eigenvalue weighted by Crippen LogP contribution is 2.36. The van der Waals surface area contributed by atoms with Crippen molar-refractivity contribution >= 4 is 5.69 Å². The second-order valence-electron chi connectivity index (χ2n) is 6.94. The van der Waals surface area contributed by atoms with Crippen LogP contribution in [0.25, 0.3) is 0 Å². The molecule has 1 fully saturated rings. The summed E-state index contributed by atoms with van der Waals surface area (Å²) >= 11 is 0. The first-order chi connectivity index (χ1) is 12.3. The molecule has 0 aromatic heterocycles. The number of nitrogens with one attached hydrogen (secondary N) is 1. The maximum absolute atomic E-state index is 6.03. The molecule has 0 unspecified atom stereocenters. The smallest absolute Gasteiger partial charge is 0.164 e. The number of fused-ring (bicyclic) bond motifs is 1. The van der Waals surface area contributed by atoms with Crippen molar-refractivity contribution in [2.24, 2.45) is 5.92 Å². The summed E-state index contributed by atoms with van der Waals surface area (Å²) in [6.45, 7) is 5.07. The van der Waals surface area contributed by atoms with Gasteiger partial charge < -0.3 is 19.7 Å². The number of para-hydroxylation sites is 1. The Morgan fingerprint density at radius 3 is 2.84 bits per heavy atom. The molecule has 0 radical (unpaired) electrons. The number of benzene rings is 2. The highest BCUT2D eigenvalue weighted by Gasteiger charge is 2.23. The van der Waals surface area contributed by atoms with E-state index in [1.807, 2.05) is 6.07 Å². The lowest BCUT2D eigenvalue weighted by molar-refractivity contribution is 0.211. The van der Waals surface area contributed by atoms with Crippen molar-refractivity contribution in [3.63, 3.8) is 0 Å². The molecule has 4 nitrogen and oxygen atoms in total. The molecule has 4 rings (SSSR count). The van der Waals surface area contributed by atoms with Crippen LogP contribution in [-0.2, 0) is 12.8 Å². The largest absolute Gasteiger partial charge is 0.493 e. The van der Waals surface area contributed by atoms with Crippen molar-refractivity contribution in [1.29, 1.82) is 0 Å². The summed E-state index contributed by atoms with van der Waals surface area (Å²) in [4.78, 5) is 2.47. The fourth-order valence-electron chi connectivity index (χ4n) is 3.89. The van der Waals surface area contributed by atoms with E-state index in [4.69, 9.17) is 9.47 Å². The minimum atomic E-state index is 0.512. The molecule has 2 aliphatic rings. The monoisotopic (exact) mass is 338 g/mol. The molecule has 1 saturated heterocycles. The van der Waals surface area contributed by atoms with Gasteiger partial charge in [-0.2, -0.15) is 0 Å². The van der Waals surface area contributed by atoms with E-state index in [-0.39, 0.29) is 0 Å². The molecule has 1 N–H and O–H groups in total. The molecule has 0 aliphatic carbocycles. The normalized spacial score (nSPS) is 19.9. The van der Waals surface area contributed by atoms with Gasteiger partial charge in [0.15, 0.2) is 11.5 Å². The number of ether oxygens (including phenoxy) is 2. The first-order valence-corrected chi connectivity index (χ1v) is 9.17. The lowest BCUT2D eigenvalue weighted by Gasteiger charge is -2.30. The zero-order valence-electron chi connectivity index (χ0n) is 14.8. The molecule has 2 aliphatic heterocycles. The van der Waals surface area contributed by atoms with Gasteiger partial charge in [-0.3, -0.25) is 0 Å². The average molecular weight is 338 g/mol. The molecule has 2 aromatic rings. The minimum Gasteiger partial charge on any atom is -0.493 e. The third kappa shape index (κ3) is 3.59. The van der Waals surface area contributed by atoms with E-state index in [1.165, 1.54) is 16.8 Å². The number of anilines is 1. The molecular formula is C21H26N2O2. The summed E-state index contributed by atoms with van der Waals surface area (Å²) in [7, 11) is 1.70. The molecular weight excluding hydrogens is 312 g/mol. The van der Waals surface area contributed by atoms with Gasteiger partial charge >= 0.3 is 0 Å². The molecule has 132 valence electrons. The second-order valence-corrected chi connectivity index (χ2v) is 6.94. The lowest BCUT2D eigenvalue weighted by Crippen LogP contribution is -2.43. The van der Waals surface area contributed by atoms with Gasteiger partial charge in [-0.25, -0.2) is 0 Å². The third-order valence-electron chi connectivity index (χ3n) is 5.17. The van der Waals surface area contributed by atoms with Crippen LogP contribution in [0, 0.1) is 5.92 Å². The molecule has 2 aromatic carbocycles. The van der Waals surface area contributed by atoms with Crippen molar-refractivity contribution in [2.45, 2.75) is 12.8 Å². The summed E-state index contributed by atoms with van der Waals surface area (Å²) in [5, 5.41) is 3.42. The number of hydrogen-bond acceptors (Lipinski definition) is 4. The molecule has 2 heterocycles. The van der Waals surface area contributed by atoms with E-state index in [1.54, 1.807) is 7.11 Å². The molecule has 25 heavy (non-hydrogen) atoms. The number of piperazine rings is 1. The molecule has 0 amide bonds. The van der Waals surface area contributed by atoms with Crippen LogP contribution in [0.3, 0.4) is 0 Å². The van der Waals surface area contributed by atoms with Crippen molar-refractivity contribution in [3.8, 4) is 11.5 Å². The van der Waals surface area contributed by atoms with Gasteiger partial charge in [-0.1, -0.05) is 24.3 Å². The van der Waals surface area contributed by atoms with Crippen LogP contribution in [0.15, 0.2) is 42.5 Å². The Morgan fingerprint density at radius 1 is 1.16 bits per heavy atom. The highest BCUT2D eigenvalue weighted by atomic mass is 16.5. The van der Waals surface area contributed by atoms with Gasteiger partial charge in [0, 0.05) is 37.8 Å². The van der Waals surface area contributed by atoms with Crippen molar-refractivity contribution in [3.05, 3.63) is 53.6 Å². The minimum absolute atomic E-state index is 0.512. The van der Waals surface area contributed by atoms with E-state index in [2.05, 4.69) is 46.6 Å². The Labute approximate surface area is 149 Å². The van der Waals surface area contributed by atoms with Gasteiger partial charge in [-0.05, 0) is 42.2 Å². The quantitative estimate of drug-likeness (QED) is 0.929. The highest BCUT2D eigenvalue weighted by molar-refractivity contribution is 5.50. The Hall–Kier alpha value is -2.20. The summed E-state index contributed by atoms with van der Waals surface area (Å²) in [5.74, 6) is 2.28. The Kier molecular flexibility index (Phi) is 4.79. The Bertz CT molecular complexity index is 726. The van der Waals surface area contributed by atoms with E-state index < -0.39 is 0 Å². The predicted molar refractivity (Wildman–Crippen MR) is 101 cm³/mol. The van der Waals surface area contributed by atoms with E-state index in [0.29, 0.717) is 5.92 Å².